The summed E-state index contributed by atoms with van der Waals surface area (Å²) in [5, 5.41) is 5.66. The molecule has 1 saturated carbocycles. The van der Waals surface area contributed by atoms with Gasteiger partial charge < -0.3 is 20.8 Å². The molecule has 1 atom stereocenters. The number of nitrogens with one attached hydrogen (secondary N) is 2. The molecule has 1 fully saturated rings. The van der Waals surface area contributed by atoms with Gasteiger partial charge in [0, 0.05) is 23.8 Å². The van der Waals surface area contributed by atoms with E-state index in [1.807, 2.05) is 0 Å². The molecule has 1 unspecified atom stereocenters. The third-order valence-corrected chi connectivity index (χ3v) is 3.89. The van der Waals surface area contributed by atoms with E-state index < -0.39 is 0 Å². The first kappa shape index (κ1) is 18.0. The Morgan fingerprint density at radius 1 is 1.21 bits per heavy atom. The molecular formula is C17H20ClN3O3. The number of halogens is 1. The molecule has 2 aromatic rings. The van der Waals surface area contributed by atoms with E-state index in [0.29, 0.717) is 23.7 Å². The van der Waals surface area contributed by atoms with Crippen LogP contribution in [0.4, 0.5) is 5.69 Å². The Labute approximate surface area is 146 Å². The molecule has 1 aliphatic carbocycles. The van der Waals surface area contributed by atoms with Crippen LogP contribution in [0.2, 0.25) is 0 Å². The summed E-state index contributed by atoms with van der Waals surface area (Å²) in [5.74, 6) is 0.175. The summed E-state index contributed by atoms with van der Waals surface area (Å²) >= 11 is 0. The van der Waals surface area contributed by atoms with Crippen LogP contribution in [-0.2, 0) is 0 Å². The van der Waals surface area contributed by atoms with Crippen molar-refractivity contribution in [2.24, 2.45) is 11.7 Å². The fraction of sp³-hybridized carbons (Fsp3) is 0.294. The maximum absolute atomic E-state index is 12.3. The van der Waals surface area contributed by atoms with Gasteiger partial charge in [-0.3, -0.25) is 9.59 Å². The highest BCUT2D eigenvalue weighted by molar-refractivity contribution is 6.03. The van der Waals surface area contributed by atoms with E-state index >= 15 is 0 Å². The monoisotopic (exact) mass is 349 g/mol. The van der Waals surface area contributed by atoms with Crippen molar-refractivity contribution in [3.05, 3.63) is 54.0 Å². The normalized spacial score (nSPS) is 14.4. The SMILES string of the molecule is Cl.NCC(NC(=O)c1cccc(NC(=O)c2ccco2)c1)C1CC1. The van der Waals surface area contributed by atoms with Gasteiger partial charge in [0.1, 0.15) is 0 Å². The van der Waals surface area contributed by atoms with Crippen LogP contribution in [-0.4, -0.2) is 24.4 Å². The van der Waals surface area contributed by atoms with Crippen LogP contribution in [0.15, 0.2) is 47.1 Å². The lowest BCUT2D eigenvalue weighted by Crippen LogP contribution is -2.41. The third kappa shape index (κ3) is 4.37. The second-order valence-electron chi connectivity index (χ2n) is 5.67. The molecule has 1 aromatic carbocycles. The predicted octanol–water partition coefficient (Wildman–Crippen LogP) is 2.42. The topological polar surface area (TPSA) is 97.4 Å². The van der Waals surface area contributed by atoms with E-state index in [0.717, 1.165) is 12.8 Å². The summed E-state index contributed by atoms with van der Waals surface area (Å²) in [4.78, 5) is 24.3. The minimum Gasteiger partial charge on any atom is -0.459 e. The van der Waals surface area contributed by atoms with E-state index in [-0.39, 0.29) is 36.0 Å². The van der Waals surface area contributed by atoms with Gasteiger partial charge >= 0.3 is 0 Å². The van der Waals surface area contributed by atoms with Crippen molar-refractivity contribution in [1.29, 1.82) is 0 Å². The standard InChI is InChI=1S/C17H19N3O3.ClH/c18-10-14(11-6-7-11)20-16(21)12-3-1-4-13(9-12)19-17(22)15-5-2-8-23-15;/h1-5,8-9,11,14H,6-7,10,18H2,(H,19,22)(H,20,21);1H. The first-order chi connectivity index (χ1) is 11.2. The van der Waals surface area contributed by atoms with Gasteiger partial charge in [-0.05, 0) is 49.1 Å². The Kier molecular flexibility index (Phi) is 6.00. The molecule has 2 amide bonds. The third-order valence-electron chi connectivity index (χ3n) is 3.89. The van der Waals surface area contributed by atoms with Gasteiger partial charge in [-0.25, -0.2) is 0 Å². The van der Waals surface area contributed by atoms with Gasteiger partial charge in [-0.15, -0.1) is 12.4 Å². The van der Waals surface area contributed by atoms with Crippen molar-refractivity contribution in [3.63, 3.8) is 0 Å². The van der Waals surface area contributed by atoms with Crippen molar-refractivity contribution >= 4 is 29.9 Å². The molecule has 0 saturated heterocycles. The van der Waals surface area contributed by atoms with Gasteiger partial charge in [0.25, 0.3) is 11.8 Å². The zero-order valence-electron chi connectivity index (χ0n) is 13.0. The average molecular weight is 350 g/mol. The van der Waals surface area contributed by atoms with Crippen LogP contribution < -0.4 is 16.4 Å². The maximum atomic E-state index is 12.3. The van der Waals surface area contributed by atoms with Crippen LogP contribution in [0.1, 0.15) is 33.8 Å². The minimum atomic E-state index is -0.356. The number of nitrogens with two attached hydrogens (primary N) is 1. The van der Waals surface area contributed by atoms with Gasteiger partial charge in [0.2, 0.25) is 0 Å². The summed E-state index contributed by atoms with van der Waals surface area (Å²) in [6.07, 6.45) is 3.66. The van der Waals surface area contributed by atoms with Crippen molar-refractivity contribution < 1.29 is 14.0 Å². The number of carbonyl (C=O) groups excluding carboxylic acids is 2. The van der Waals surface area contributed by atoms with Crippen molar-refractivity contribution in [1.82, 2.24) is 5.32 Å². The number of carbonyl (C=O) groups is 2. The molecule has 0 aliphatic heterocycles. The largest absolute Gasteiger partial charge is 0.459 e. The molecule has 4 N–H and O–H groups in total. The molecule has 0 spiro atoms. The summed E-state index contributed by atoms with van der Waals surface area (Å²) in [6, 6.07) is 10.0. The molecule has 1 aromatic heterocycles. The Morgan fingerprint density at radius 3 is 2.62 bits per heavy atom. The van der Waals surface area contributed by atoms with Crippen LogP contribution in [0.5, 0.6) is 0 Å². The first-order valence-corrected chi connectivity index (χ1v) is 7.63. The molecule has 1 heterocycles. The highest BCUT2D eigenvalue weighted by Gasteiger charge is 2.31. The molecule has 6 nitrogen and oxygen atoms in total. The van der Waals surface area contributed by atoms with Crippen molar-refractivity contribution in [2.45, 2.75) is 18.9 Å². The Morgan fingerprint density at radius 2 is 2.00 bits per heavy atom. The number of benzene rings is 1. The lowest BCUT2D eigenvalue weighted by atomic mass is 10.1. The lowest BCUT2D eigenvalue weighted by Gasteiger charge is -2.16. The number of furan rings is 1. The molecule has 0 radical (unpaired) electrons. The second kappa shape index (κ2) is 7.99. The zero-order valence-corrected chi connectivity index (χ0v) is 13.8. The quantitative estimate of drug-likeness (QED) is 0.746. The van der Waals surface area contributed by atoms with E-state index in [2.05, 4.69) is 10.6 Å². The highest BCUT2D eigenvalue weighted by atomic mass is 35.5. The first-order valence-electron chi connectivity index (χ1n) is 7.63. The van der Waals surface area contributed by atoms with Crippen LogP contribution in [0, 0.1) is 5.92 Å². The van der Waals surface area contributed by atoms with Crippen molar-refractivity contribution in [3.8, 4) is 0 Å². The predicted molar refractivity (Wildman–Crippen MR) is 93.4 cm³/mol. The molecule has 3 rings (SSSR count). The molecule has 128 valence electrons. The average Bonchev–Trinajstić information content (AvgIpc) is 3.25. The summed E-state index contributed by atoms with van der Waals surface area (Å²) < 4.78 is 5.04. The van der Waals surface area contributed by atoms with Gasteiger partial charge in [-0.2, -0.15) is 0 Å². The summed E-state index contributed by atoms with van der Waals surface area (Å²) in [5.41, 5.74) is 6.73. The lowest BCUT2D eigenvalue weighted by molar-refractivity contribution is 0.0932. The van der Waals surface area contributed by atoms with Crippen molar-refractivity contribution in [2.75, 3.05) is 11.9 Å². The van der Waals surface area contributed by atoms with E-state index in [1.54, 1.807) is 36.4 Å². The van der Waals surface area contributed by atoms with Gasteiger partial charge in [0.05, 0.1) is 6.26 Å². The van der Waals surface area contributed by atoms with E-state index in [1.165, 1.54) is 6.26 Å². The smallest absolute Gasteiger partial charge is 0.291 e. The molecular weight excluding hydrogens is 330 g/mol. The maximum Gasteiger partial charge on any atom is 0.291 e. The molecule has 1 aliphatic rings. The number of hydrogen-bond donors (Lipinski definition) is 3. The minimum absolute atomic E-state index is 0. The molecule has 0 bridgehead atoms. The second-order valence-corrected chi connectivity index (χ2v) is 5.67. The van der Waals surface area contributed by atoms with E-state index in [4.69, 9.17) is 10.2 Å². The Bertz CT molecular complexity index is 699. The number of hydrogen-bond acceptors (Lipinski definition) is 4. The van der Waals surface area contributed by atoms with Gasteiger partial charge in [0.15, 0.2) is 5.76 Å². The van der Waals surface area contributed by atoms with E-state index in [9.17, 15) is 9.59 Å². The molecule has 24 heavy (non-hydrogen) atoms. The zero-order chi connectivity index (χ0) is 16.2. The van der Waals surface area contributed by atoms with Crippen LogP contribution in [0.3, 0.4) is 0 Å². The van der Waals surface area contributed by atoms with Crippen LogP contribution in [0.25, 0.3) is 0 Å². The highest BCUT2D eigenvalue weighted by Crippen LogP contribution is 2.32. The Hall–Kier alpha value is -2.31. The summed E-state index contributed by atoms with van der Waals surface area (Å²) in [7, 11) is 0. The number of anilines is 1. The Balaban J connectivity index is 0.00000208. The number of amides is 2. The fourth-order valence-electron chi connectivity index (χ4n) is 2.46. The fourth-order valence-corrected chi connectivity index (χ4v) is 2.46. The number of rotatable bonds is 6. The van der Waals surface area contributed by atoms with Crippen LogP contribution >= 0.6 is 12.4 Å². The van der Waals surface area contributed by atoms with Gasteiger partial charge in [-0.1, -0.05) is 6.07 Å². The molecule has 7 heteroatoms. The summed E-state index contributed by atoms with van der Waals surface area (Å²) in [6.45, 7) is 0.436.